The second-order valence-corrected chi connectivity index (χ2v) is 11.7. The smallest absolute Gasteiger partial charge is 0.247 e. The van der Waals surface area contributed by atoms with Crippen LogP contribution >= 0.6 is 0 Å². The number of carbonyl (C=O) groups excluding carboxylic acids is 1. The van der Waals surface area contributed by atoms with Gasteiger partial charge in [0.2, 0.25) is 5.91 Å². The van der Waals surface area contributed by atoms with E-state index in [0.717, 1.165) is 77.7 Å². The van der Waals surface area contributed by atoms with Crippen LogP contribution in [0.5, 0.6) is 0 Å². The third-order valence-corrected chi connectivity index (χ3v) is 9.31. The Kier molecular flexibility index (Phi) is 4.95. The molecule has 6 aromatic carbocycles. The fourth-order valence-corrected chi connectivity index (χ4v) is 7.51. The summed E-state index contributed by atoms with van der Waals surface area (Å²) in [5.41, 5.74) is 9.11. The van der Waals surface area contributed by atoms with Crippen LogP contribution in [0.1, 0.15) is 27.8 Å². The first-order valence-corrected chi connectivity index (χ1v) is 14.8. The molecule has 204 valence electrons. The molecule has 9 rings (SSSR count). The molecule has 1 amide bonds. The lowest BCUT2D eigenvalue weighted by molar-refractivity contribution is -0.120. The first-order valence-electron chi connectivity index (χ1n) is 14.8. The van der Waals surface area contributed by atoms with Gasteiger partial charge in [-0.1, -0.05) is 127 Å². The topological polar surface area (TPSA) is 33.5 Å². The van der Waals surface area contributed by atoms with Crippen LogP contribution in [0.4, 0.5) is 5.69 Å². The Labute approximate surface area is 249 Å². The van der Waals surface area contributed by atoms with Gasteiger partial charge in [0.25, 0.3) is 0 Å². The van der Waals surface area contributed by atoms with Crippen LogP contribution in [0.15, 0.2) is 138 Å². The lowest BCUT2D eigenvalue weighted by Gasteiger charge is -2.27. The molecule has 0 saturated heterocycles. The number of hydrogen-bond donors (Lipinski definition) is 0. The second kappa shape index (κ2) is 8.80. The number of rotatable bonds is 3. The van der Waals surface area contributed by atoms with Crippen LogP contribution in [0.25, 0.3) is 44.2 Å². The van der Waals surface area contributed by atoms with Crippen molar-refractivity contribution in [1.29, 1.82) is 0 Å². The van der Waals surface area contributed by atoms with Crippen LogP contribution in [-0.2, 0) is 16.8 Å². The van der Waals surface area contributed by atoms with Crippen molar-refractivity contribution in [2.24, 2.45) is 0 Å². The highest BCUT2D eigenvalue weighted by molar-refractivity contribution is 6.23. The quantitative estimate of drug-likeness (QED) is 0.218. The monoisotopic (exact) mass is 553 g/mol. The number of para-hydroxylation sites is 1. The molecule has 1 spiro atoms. The minimum absolute atomic E-state index is 0.0676. The number of anilines is 1. The summed E-state index contributed by atoms with van der Waals surface area (Å²) >= 11 is 0. The Morgan fingerprint density at radius 2 is 1.42 bits per heavy atom. The number of hydrogen-bond acceptors (Lipinski definition) is 2. The molecule has 2 heterocycles. The molecule has 0 radical (unpaired) electrons. The normalized spacial score (nSPS) is 16.7. The van der Waals surface area contributed by atoms with E-state index in [1.165, 1.54) is 0 Å². The van der Waals surface area contributed by atoms with Crippen molar-refractivity contribution in [2.75, 3.05) is 4.90 Å². The van der Waals surface area contributed by atoms with Crippen molar-refractivity contribution in [3.8, 4) is 22.5 Å². The van der Waals surface area contributed by atoms with Crippen molar-refractivity contribution in [3.05, 3.63) is 161 Å². The number of nitrogens with zero attached hydrogens (tertiary/aromatic N) is 1. The van der Waals surface area contributed by atoms with E-state index in [1.54, 1.807) is 0 Å². The zero-order valence-electron chi connectivity index (χ0n) is 23.7. The molecule has 2 aliphatic rings. The third-order valence-electron chi connectivity index (χ3n) is 9.31. The van der Waals surface area contributed by atoms with Crippen molar-refractivity contribution in [2.45, 2.75) is 18.9 Å². The fraction of sp³-hybridized carbons (Fsp3) is 0.0750. The van der Waals surface area contributed by atoms with Crippen LogP contribution in [0.2, 0.25) is 0 Å². The number of benzene rings is 6. The molecule has 0 saturated carbocycles. The van der Waals surface area contributed by atoms with E-state index >= 15 is 4.79 Å². The summed E-state index contributed by atoms with van der Waals surface area (Å²) in [4.78, 5) is 17.3. The molecule has 1 aliphatic carbocycles. The first-order chi connectivity index (χ1) is 21.2. The third kappa shape index (κ3) is 3.17. The maximum absolute atomic E-state index is 15.4. The average Bonchev–Trinajstić information content (AvgIpc) is 3.65. The molecule has 43 heavy (non-hydrogen) atoms. The Bertz CT molecular complexity index is 2250. The number of fused-ring (bicyclic) bond motifs is 11. The van der Waals surface area contributed by atoms with E-state index in [2.05, 4.69) is 110 Å². The summed E-state index contributed by atoms with van der Waals surface area (Å²) in [6.45, 7) is 2.60. The van der Waals surface area contributed by atoms with E-state index in [1.807, 2.05) is 35.2 Å². The molecule has 1 atom stereocenters. The number of aryl methyl sites for hydroxylation is 1. The average molecular weight is 554 g/mol. The van der Waals surface area contributed by atoms with E-state index in [0.29, 0.717) is 6.54 Å². The summed E-state index contributed by atoms with van der Waals surface area (Å²) < 4.78 is 6.99. The van der Waals surface area contributed by atoms with E-state index in [9.17, 15) is 0 Å². The highest BCUT2D eigenvalue weighted by atomic mass is 16.3. The summed E-state index contributed by atoms with van der Waals surface area (Å²) in [5, 5.41) is 3.18. The molecule has 3 nitrogen and oxygen atoms in total. The van der Waals surface area contributed by atoms with Gasteiger partial charge in [-0.05, 0) is 46.7 Å². The molecule has 0 fully saturated rings. The number of amides is 1. The highest BCUT2D eigenvalue weighted by Crippen LogP contribution is 2.63. The molecule has 3 heteroatoms. The summed E-state index contributed by atoms with van der Waals surface area (Å²) in [5.74, 6) is 0.862. The molecular formula is C40H27NO2. The van der Waals surface area contributed by atoms with Gasteiger partial charge in [0.05, 0.1) is 6.54 Å². The van der Waals surface area contributed by atoms with Gasteiger partial charge >= 0.3 is 0 Å². The highest BCUT2D eigenvalue weighted by Gasteiger charge is 2.60. The minimum atomic E-state index is -1.03. The molecule has 0 N–H and O–H groups in total. The van der Waals surface area contributed by atoms with Crippen LogP contribution in [-0.4, -0.2) is 5.91 Å². The van der Waals surface area contributed by atoms with Gasteiger partial charge in [0, 0.05) is 33.2 Å². The van der Waals surface area contributed by atoms with E-state index in [4.69, 9.17) is 4.42 Å². The Morgan fingerprint density at radius 1 is 0.698 bits per heavy atom. The van der Waals surface area contributed by atoms with Crippen molar-refractivity contribution >= 4 is 33.3 Å². The molecular weight excluding hydrogens is 526 g/mol. The van der Waals surface area contributed by atoms with E-state index < -0.39 is 5.41 Å². The van der Waals surface area contributed by atoms with Crippen molar-refractivity contribution in [1.82, 2.24) is 0 Å². The van der Waals surface area contributed by atoms with E-state index in [-0.39, 0.29) is 5.91 Å². The van der Waals surface area contributed by atoms with Gasteiger partial charge in [-0.25, -0.2) is 0 Å². The Morgan fingerprint density at radius 3 is 2.26 bits per heavy atom. The largest absolute Gasteiger partial charge is 0.455 e. The van der Waals surface area contributed by atoms with Gasteiger partial charge in [0.15, 0.2) is 0 Å². The Balaban J connectivity index is 1.44. The second-order valence-electron chi connectivity index (χ2n) is 11.7. The molecule has 1 aromatic heterocycles. The zero-order chi connectivity index (χ0) is 28.7. The molecule has 1 unspecified atom stereocenters. The van der Waals surface area contributed by atoms with Crippen molar-refractivity contribution < 1.29 is 9.21 Å². The van der Waals surface area contributed by atoms with Crippen LogP contribution in [0, 0.1) is 6.92 Å². The predicted molar refractivity (Wildman–Crippen MR) is 173 cm³/mol. The summed E-state index contributed by atoms with van der Waals surface area (Å²) in [6.07, 6.45) is 0. The maximum atomic E-state index is 15.4. The standard InChI is InChI=1S/C40H27NO2/c1-25-20-21-30-33(22-25)40(32-18-10-11-19-34(32)41(39(40)42)24-26-12-4-2-5-13-26)36-35-31(27-14-6-3-7-15-27)23-28-16-8-9-17-29(28)37(35)43-38(30)36/h2-23H,24H2,1H3. The molecule has 1 aliphatic heterocycles. The maximum Gasteiger partial charge on any atom is 0.247 e. The van der Waals surface area contributed by atoms with Crippen LogP contribution in [0.3, 0.4) is 0 Å². The van der Waals surface area contributed by atoms with Crippen LogP contribution < -0.4 is 4.90 Å². The van der Waals surface area contributed by atoms with Crippen molar-refractivity contribution in [3.63, 3.8) is 0 Å². The Hall–Kier alpha value is -5.41. The number of furan rings is 1. The zero-order valence-corrected chi connectivity index (χ0v) is 23.7. The summed E-state index contributed by atoms with van der Waals surface area (Å²) in [7, 11) is 0. The van der Waals surface area contributed by atoms with Gasteiger partial charge in [-0.3, -0.25) is 4.79 Å². The van der Waals surface area contributed by atoms with Gasteiger partial charge < -0.3 is 9.32 Å². The predicted octanol–water partition coefficient (Wildman–Crippen LogP) is 9.42. The summed E-state index contributed by atoms with van der Waals surface area (Å²) in [6, 6.07) is 46.2. The lowest BCUT2D eigenvalue weighted by Crippen LogP contribution is -2.40. The number of carbonyl (C=O) groups is 1. The fourth-order valence-electron chi connectivity index (χ4n) is 7.51. The van der Waals surface area contributed by atoms with Gasteiger partial charge in [-0.15, -0.1) is 0 Å². The molecule has 7 aromatic rings. The van der Waals surface area contributed by atoms with Gasteiger partial charge in [-0.2, -0.15) is 0 Å². The first kappa shape index (κ1) is 24.2. The van der Waals surface area contributed by atoms with Gasteiger partial charge in [0.1, 0.15) is 16.8 Å². The minimum Gasteiger partial charge on any atom is -0.455 e. The SMILES string of the molecule is Cc1ccc2c(c1)C1(C(=O)N(Cc3ccccc3)c3ccccc31)c1c-2oc2c1c(-c1ccccc1)cc1ccccc12. The molecule has 0 bridgehead atoms. The lowest BCUT2D eigenvalue weighted by atomic mass is 9.71.